The Morgan fingerprint density at radius 1 is 1.15 bits per heavy atom. The quantitative estimate of drug-likeness (QED) is 0.784. The standard InChI is InChI=1S/C21H20N2O3/c24-14-15-10-11-23(13-15)21(25)18-9-5-4-8-17(18)20-22-12-19(26-20)16-6-2-1-3-7-16/h1-9,12,15,24H,10-11,13-14H2. The van der Waals surface area contributed by atoms with Crippen molar-refractivity contribution in [3.8, 4) is 22.8 Å². The number of aliphatic hydroxyl groups excluding tert-OH is 1. The molecular formula is C21H20N2O3. The van der Waals surface area contributed by atoms with Crippen LogP contribution in [0.15, 0.2) is 65.2 Å². The van der Waals surface area contributed by atoms with Crippen LogP contribution in [0.2, 0.25) is 0 Å². The Bertz CT molecular complexity index is 904. The maximum atomic E-state index is 13.0. The summed E-state index contributed by atoms with van der Waals surface area (Å²) in [5.41, 5.74) is 2.21. The van der Waals surface area contributed by atoms with Gasteiger partial charge in [0.05, 0.1) is 11.8 Å². The molecule has 1 aliphatic heterocycles. The third-order valence-electron chi connectivity index (χ3n) is 4.78. The van der Waals surface area contributed by atoms with Gasteiger partial charge in [-0.2, -0.15) is 0 Å². The summed E-state index contributed by atoms with van der Waals surface area (Å²) in [4.78, 5) is 19.1. The molecule has 132 valence electrons. The highest BCUT2D eigenvalue weighted by Crippen LogP contribution is 2.29. The van der Waals surface area contributed by atoms with Gasteiger partial charge in [-0.1, -0.05) is 42.5 Å². The van der Waals surface area contributed by atoms with Crippen molar-refractivity contribution >= 4 is 5.91 Å². The second-order valence-electron chi connectivity index (χ2n) is 6.53. The molecule has 1 unspecified atom stereocenters. The summed E-state index contributed by atoms with van der Waals surface area (Å²) >= 11 is 0. The molecule has 2 heterocycles. The van der Waals surface area contributed by atoms with E-state index in [4.69, 9.17) is 4.42 Å². The predicted octanol–water partition coefficient (Wildman–Crippen LogP) is 3.46. The fourth-order valence-corrected chi connectivity index (χ4v) is 3.33. The Balaban J connectivity index is 1.64. The molecule has 1 amide bonds. The number of aromatic nitrogens is 1. The molecule has 0 radical (unpaired) electrons. The van der Waals surface area contributed by atoms with Crippen molar-refractivity contribution in [1.82, 2.24) is 9.88 Å². The van der Waals surface area contributed by atoms with E-state index in [1.54, 1.807) is 17.2 Å². The Hall–Kier alpha value is -2.92. The Kier molecular flexibility index (Phi) is 4.54. The maximum Gasteiger partial charge on any atom is 0.254 e. The molecule has 1 N–H and O–H groups in total. The summed E-state index contributed by atoms with van der Waals surface area (Å²) in [6.45, 7) is 1.37. The number of hydrogen-bond donors (Lipinski definition) is 1. The van der Waals surface area contributed by atoms with Gasteiger partial charge in [-0.25, -0.2) is 4.98 Å². The predicted molar refractivity (Wildman–Crippen MR) is 98.5 cm³/mol. The number of carbonyl (C=O) groups is 1. The second-order valence-corrected chi connectivity index (χ2v) is 6.53. The highest BCUT2D eigenvalue weighted by molar-refractivity contribution is 6.00. The summed E-state index contributed by atoms with van der Waals surface area (Å²) in [6, 6.07) is 17.1. The van der Waals surface area contributed by atoms with Gasteiger partial charge in [0.15, 0.2) is 5.76 Å². The molecule has 2 aromatic carbocycles. The fraction of sp³-hybridized carbons (Fsp3) is 0.238. The number of benzene rings is 2. The van der Waals surface area contributed by atoms with Gasteiger partial charge in [0.25, 0.3) is 5.91 Å². The lowest BCUT2D eigenvalue weighted by atomic mass is 10.1. The van der Waals surface area contributed by atoms with Gasteiger partial charge in [-0.15, -0.1) is 0 Å². The maximum absolute atomic E-state index is 13.0. The summed E-state index contributed by atoms with van der Waals surface area (Å²) in [7, 11) is 0. The van der Waals surface area contributed by atoms with Crippen LogP contribution < -0.4 is 0 Å². The van der Waals surface area contributed by atoms with E-state index >= 15 is 0 Å². The monoisotopic (exact) mass is 348 g/mol. The molecule has 1 atom stereocenters. The minimum absolute atomic E-state index is 0.0454. The van der Waals surface area contributed by atoms with Crippen LogP contribution in [0.3, 0.4) is 0 Å². The van der Waals surface area contributed by atoms with Gasteiger partial charge in [0, 0.05) is 36.7 Å². The zero-order chi connectivity index (χ0) is 17.9. The minimum atomic E-state index is -0.0454. The van der Waals surface area contributed by atoms with Crippen LogP contribution in [0.25, 0.3) is 22.8 Å². The first-order chi connectivity index (χ1) is 12.8. The molecule has 1 fully saturated rings. The smallest absolute Gasteiger partial charge is 0.254 e. The van der Waals surface area contributed by atoms with E-state index in [0.29, 0.717) is 35.9 Å². The molecular weight excluding hydrogens is 328 g/mol. The van der Waals surface area contributed by atoms with E-state index in [0.717, 1.165) is 12.0 Å². The topological polar surface area (TPSA) is 66.6 Å². The van der Waals surface area contributed by atoms with Crippen LogP contribution >= 0.6 is 0 Å². The van der Waals surface area contributed by atoms with Crippen molar-refractivity contribution in [2.75, 3.05) is 19.7 Å². The van der Waals surface area contributed by atoms with E-state index in [9.17, 15) is 9.90 Å². The summed E-state index contributed by atoms with van der Waals surface area (Å²) in [5.74, 6) is 1.23. The van der Waals surface area contributed by atoms with Gasteiger partial charge in [-0.3, -0.25) is 4.79 Å². The van der Waals surface area contributed by atoms with Crippen LogP contribution in [0.1, 0.15) is 16.8 Å². The molecule has 5 heteroatoms. The van der Waals surface area contributed by atoms with E-state index < -0.39 is 0 Å². The number of oxazole rings is 1. The average Bonchev–Trinajstić information content (AvgIpc) is 3.38. The summed E-state index contributed by atoms with van der Waals surface area (Å²) < 4.78 is 5.93. The molecule has 1 aliphatic rings. The van der Waals surface area contributed by atoms with Crippen molar-refractivity contribution in [2.45, 2.75) is 6.42 Å². The molecule has 1 saturated heterocycles. The number of likely N-dealkylation sites (tertiary alicyclic amines) is 1. The SMILES string of the molecule is O=C(c1ccccc1-c1ncc(-c2ccccc2)o1)N1CCC(CO)C1. The van der Waals surface area contributed by atoms with Gasteiger partial charge >= 0.3 is 0 Å². The van der Waals surface area contributed by atoms with E-state index in [2.05, 4.69) is 4.98 Å². The Labute approximate surface area is 151 Å². The van der Waals surface area contributed by atoms with Crippen molar-refractivity contribution in [3.63, 3.8) is 0 Å². The lowest BCUT2D eigenvalue weighted by Gasteiger charge is -2.17. The molecule has 4 rings (SSSR count). The van der Waals surface area contributed by atoms with Crippen LogP contribution in [0, 0.1) is 5.92 Å². The molecule has 0 spiro atoms. The molecule has 0 aliphatic carbocycles. The molecule has 0 saturated carbocycles. The van der Waals surface area contributed by atoms with Gasteiger partial charge in [-0.05, 0) is 18.6 Å². The van der Waals surface area contributed by atoms with Gasteiger partial charge in [0.1, 0.15) is 0 Å². The zero-order valence-electron chi connectivity index (χ0n) is 14.3. The number of amides is 1. The summed E-state index contributed by atoms with van der Waals surface area (Å²) in [5, 5.41) is 9.32. The van der Waals surface area contributed by atoms with Crippen LogP contribution in [-0.4, -0.2) is 40.6 Å². The molecule has 1 aromatic heterocycles. The van der Waals surface area contributed by atoms with E-state index in [1.165, 1.54) is 0 Å². The van der Waals surface area contributed by atoms with E-state index in [-0.39, 0.29) is 18.4 Å². The third kappa shape index (κ3) is 3.13. The number of rotatable bonds is 4. The lowest BCUT2D eigenvalue weighted by molar-refractivity contribution is 0.0782. The normalized spacial score (nSPS) is 16.8. The summed E-state index contributed by atoms with van der Waals surface area (Å²) in [6.07, 6.45) is 2.52. The molecule has 26 heavy (non-hydrogen) atoms. The first-order valence-electron chi connectivity index (χ1n) is 8.77. The van der Waals surface area contributed by atoms with Crippen molar-refractivity contribution in [3.05, 3.63) is 66.4 Å². The van der Waals surface area contributed by atoms with Crippen molar-refractivity contribution in [1.29, 1.82) is 0 Å². The van der Waals surface area contributed by atoms with Crippen molar-refractivity contribution < 1.29 is 14.3 Å². The highest BCUT2D eigenvalue weighted by atomic mass is 16.4. The number of hydrogen-bond acceptors (Lipinski definition) is 4. The first kappa shape index (κ1) is 16.5. The number of aliphatic hydroxyl groups is 1. The molecule has 5 nitrogen and oxygen atoms in total. The Morgan fingerprint density at radius 2 is 1.92 bits per heavy atom. The van der Waals surface area contributed by atoms with Crippen molar-refractivity contribution in [2.24, 2.45) is 5.92 Å². The second kappa shape index (κ2) is 7.14. The lowest BCUT2D eigenvalue weighted by Crippen LogP contribution is -2.29. The average molecular weight is 348 g/mol. The van der Waals surface area contributed by atoms with Crippen LogP contribution in [0.5, 0.6) is 0 Å². The highest BCUT2D eigenvalue weighted by Gasteiger charge is 2.28. The first-order valence-corrected chi connectivity index (χ1v) is 8.77. The van der Waals surface area contributed by atoms with E-state index in [1.807, 2.05) is 48.5 Å². The number of nitrogens with zero attached hydrogens (tertiary/aromatic N) is 2. The van der Waals surface area contributed by atoms with Crippen LogP contribution in [0.4, 0.5) is 0 Å². The fourth-order valence-electron chi connectivity index (χ4n) is 3.33. The van der Waals surface area contributed by atoms with Crippen LogP contribution in [-0.2, 0) is 0 Å². The number of carbonyl (C=O) groups excluding carboxylic acids is 1. The molecule has 0 bridgehead atoms. The Morgan fingerprint density at radius 3 is 2.69 bits per heavy atom. The zero-order valence-corrected chi connectivity index (χ0v) is 14.3. The largest absolute Gasteiger partial charge is 0.436 e. The minimum Gasteiger partial charge on any atom is -0.436 e. The molecule has 3 aromatic rings. The van der Waals surface area contributed by atoms with Gasteiger partial charge in [0.2, 0.25) is 5.89 Å². The third-order valence-corrected chi connectivity index (χ3v) is 4.78. The van der Waals surface area contributed by atoms with Gasteiger partial charge < -0.3 is 14.4 Å².